The van der Waals surface area contributed by atoms with Crippen LogP contribution in [0.1, 0.15) is 6.92 Å². The fourth-order valence-electron chi connectivity index (χ4n) is 0.697. The zero-order chi connectivity index (χ0) is 7.98. The number of rotatable bonds is 5. The van der Waals surface area contributed by atoms with Gasteiger partial charge in [0.2, 0.25) is 0 Å². The average molecular weight is 146 g/mol. The number of carboxylic acids is 1. The predicted octanol–water partition coefficient (Wildman–Crippen LogP) is -0.731. The Morgan fingerprint density at radius 3 is 2.60 bits per heavy atom. The fourth-order valence-corrected chi connectivity index (χ4v) is 0.697. The number of hydrogen-bond donors (Lipinski definition) is 3. The Morgan fingerprint density at radius 1 is 1.70 bits per heavy atom. The summed E-state index contributed by atoms with van der Waals surface area (Å²) in [5.41, 5.74) is 0. The molecular formula is C6H14N2O2. The van der Waals surface area contributed by atoms with E-state index in [1.807, 2.05) is 6.92 Å². The summed E-state index contributed by atoms with van der Waals surface area (Å²) in [6.07, 6.45) is 0. The van der Waals surface area contributed by atoms with E-state index >= 15 is 0 Å². The van der Waals surface area contributed by atoms with Crippen molar-refractivity contribution in [2.75, 3.05) is 20.1 Å². The van der Waals surface area contributed by atoms with Gasteiger partial charge in [-0.05, 0) is 13.6 Å². The third-order valence-corrected chi connectivity index (χ3v) is 1.16. The van der Waals surface area contributed by atoms with Gasteiger partial charge in [-0.15, -0.1) is 0 Å². The maximum atomic E-state index is 10.4. The summed E-state index contributed by atoms with van der Waals surface area (Å²) < 4.78 is 0. The Labute approximate surface area is 60.6 Å². The van der Waals surface area contributed by atoms with Gasteiger partial charge in [0.25, 0.3) is 0 Å². The molecule has 0 bridgehead atoms. The van der Waals surface area contributed by atoms with E-state index in [0.29, 0.717) is 13.1 Å². The predicted molar refractivity (Wildman–Crippen MR) is 39.0 cm³/mol. The monoisotopic (exact) mass is 146 g/mol. The molecular weight excluding hydrogens is 132 g/mol. The van der Waals surface area contributed by atoms with E-state index in [9.17, 15) is 4.79 Å². The first-order valence-corrected chi connectivity index (χ1v) is 3.33. The van der Waals surface area contributed by atoms with Crippen LogP contribution in [0.25, 0.3) is 0 Å². The summed E-state index contributed by atoms with van der Waals surface area (Å²) in [5, 5.41) is 14.1. The van der Waals surface area contributed by atoms with Crippen LogP contribution in [0.15, 0.2) is 0 Å². The first-order chi connectivity index (χ1) is 4.72. The van der Waals surface area contributed by atoms with Crippen molar-refractivity contribution >= 4 is 5.97 Å². The van der Waals surface area contributed by atoms with Crippen LogP contribution in [0.3, 0.4) is 0 Å². The second-order valence-electron chi connectivity index (χ2n) is 2.01. The van der Waals surface area contributed by atoms with Crippen LogP contribution in [-0.4, -0.2) is 37.3 Å². The van der Waals surface area contributed by atoms with Crippen molar-refractivity contribution in [2.45, 2.75) is 13.0 Å². The molecule has 10 heavy (non-hydrogen) atoms. The first-order valence-electron chi connectivity index (χ1n) is 3.33. The quantitative estimate of drug-likeness (QED) is 0.478. The molecule has 0 aliphatic heterocycles. The van der Waals surface area contributed by atoms with Crippen molar-refractivity contribution in [1.82, 2.24) is 10.6 Å². The Bertz CT molecular complexity index is 99.9. The second-order valence-corrected chi connectivity index (χ2v) is 2.01. The Balaban J connectivity index is 3.61. The summed E-state index contributed by atoms with van der Waals surface area (Å²) in [5.74, 6) is -0.809. The molecule has 4 nitrogen and oxygen atoms in total. The lowest BCUT2D eigenvalue weighted by molar-refractivity contribution is -0.139. The van der Waals surface area contributed by atoms with E-state index < -0.39 is 12.0 Å². The lowest BCUT2D eigenvalue weighted by atomic mass is 10.3. The van der Waals surface area contributed by atoms with Crippen molar-refractivity contribution < 1.29 is 9.90 Å². The third kappa shape index (κ3) is 3.42. The molecule has 0 aliphatic carbocycles. The molecule has 4 heteroatoms. The van der Waals surface area contributed by atoms with Crippen LogP contribution in [0.5, 0.6) is 0 Å². The average Bonchev–Trinajstić information content (AvgIpc) is 1.87. The largest absolute Gasteiger partial charge is 0.480 e. The molecule has 0 radical (unpaired) electrons. The highest BCUT2D eigenvalue weighted by Gasteiger charge is 2.13. The highest BCUT2D eigenvalue weighted by molar-refractivity contribution is 5.73. The fraction of sp³-hybridized carbons (Fsp3) is 0.833. The van der Waals surface area contributed by atoms with Gasteiger partial charge in [0.1, 0.15) is 6.04 Å². The lowest BCUT2D eigenvalue weighted by Crippen LogP contribution is -2.43. The van der Waals surface area contributed by atoms with Crippen molar-refractivity contribution in [2.24, 2.45) is 0 Å². The van der Waals surface area contributed by atoms with Crippen molar-refractivity contribution in [3.8, 4) is 0 Å². The molecule has 0 aromatic carbocycles. The molecule has 1 unspecified atom stereocenters. The van der Waals surface area contributed by atoms with Gasteiger partial charge in [0.05, 0.1) is 0 Å². The van der Waals surface area contributed by atoms with Gasteiger partial charge in [0.15, 0.2) is 0 Å². The minimum atomic E-state index is -0.809. The van der Waals surface area contributed by atoms with Crippen molar-refractivity contribution in [3.63, 3.8) is 0 Å². The molecule has 0 heterocycles. The molecule has 3 N–H and O–H groups in total. The van der Waals surface area contributed by atoms with E-state index in [4.69, 9.17) is 5.11 Å². The molecule has 0 saturated heterocycles. The van der Waals surface area contributed by atoms with Crippen LogP contribution in [0.2, 0.25) is 0 Å². The number of carboxylic acid groups (broad SMARTS) is 1. The number of hydrogen-bond acceptors (Lipinski definition) is 3. The molecule has 0 aromatic heterocycles. The minimum Gasteiger partial charge on any atom is -0.480 e. The normalized spacial score (nSPS) is 13.0. The maximum absolute atomic E-state index is 10.4. The summed E-state index contributed by atoms with van der Waals surface area (Å²) in [6, 6.07) is -0.463. The SMILES string of the molecule is CCNC(CNC)C(=O)O. The zero-order valence-electron chi connectivity index (χ0n) is 6.35. The molecule has 0 aromatic rings. The van der Waals surface area contributed by atoms with Gasteiger partial charge in [-0.25, -0.2) is 0 Å². The maximum Gasteiger partial charge on any atom is 0.322 e. The van der Waals surface area contributed by atoms with Crippen LogP contribution in [0.4, 0.5) is 0 Å². The van der Waals surface area contributed by atoms with Gasteiger partial charge in [-0.2, -0.15) is 0 Å². The van der Waals surface area contributed by atoms with Crippen molar-refractivity contribution in [3.05, 3.63) is 0 Å². The Morgan fingerprint density at radius 2 is 2.30 bits per heavy atom. The third-order valence-electron chi connectivity index (χ3n) is 1.16. The second kappa shape index (κ2) is 5.20. The molecule has 0 fully saturated rings. The number of nitrogens with one attached hydrogen (secondary N) is 2. The minimum absolute atomic E-state index is 0.461. The van der Waals surface area contributed by atoms with Crippen LogP contribution in [-0.2, 0) is 4.79 Å². The standard InChI is InChI=1S/C6H14N2O2/c1-3-8-5(4-7-2)6(9)10/h5,7-8H,3-4H2,1-2H3,(H,9,10). The van der Waals surface area contributed by atoms with Gasteiger partial charge >= 0.3 is 5.97 Å². The van der Waals surface area contributed by atoms with Gasteiger partial charge in [0, 0.05) is 6.54 Å². The summed E-state index contributed by atoms with van der Waals surface area (Å²) in [4.78, 5) is 10.4. The van der Waals surface area contributed by atoms with Gasteiger partial charge in [-0.3, -0.25) is 4.79 Å². The van der Waals surface area contributed by atoms with E-state index in [2.05, 4.69) is 10.6 Å². The molecule has 60 valence electrons. The summed E-state index contributed by atoms with van der Waals surface area (Å²) >= 11 is 0. The summed E-state index contributed by atoms with van der Waals surface area (Å²) in [7, 11) is 1.73. The van der Waals surface area contributed by atoms with Crippen molar-refractivity contribution in [1.29, 1.82) is 0 Å². The first kappa shape index (κ1) is 9.39. The topological polar surface area (TPSA) is 61.4 Å². The summed E-state index contributed by atoms with van der Waals surface area (Å²) in [6.45, 7) is 3.02. The number of aliphatic carboxylic acids is 1. The van der Waals surface area contributed by atoms with Crippen LogP contribution >= 0.6 is 0 Å². The van der Waals surface area contributed by atoms with E-state index in [-0.39, 0.29) is 0 Å². The smallest absolute Gasteiger partial charge is 0.322 e. The van der Waals surface area contributed by atoms with E-state index in [1.54, 1.807) is 7.05 Å². The highest BCUT2D eigenvalue weighted by atomic mass is 16.4. The molecule has 1 atom stereocenters. The van der Waals surface area contributed by atoms with Gasteiger partial charge < -0.3 is 15.7 Å². The number of likely N-dealkylation sites (N-methyl/N-ethyl adjacent to an activating group) is 2. The lowest BCUT2D eigenvalue weighted by Gasteiger charge is -2.11. The Hall–Kier alpha value is -0.610. The Kier molecular flexibility index (Phi) is 4.88. The van der Waals surface area contributed by atoms with E-state index in [1.165, 1.54) is 0 Å². The molecule has 0 rings (SSSR count). The number of carbonyl (C=O) groups is 1. The zero-order valence-corrected chi connectivity index (χ0v) is 6.35. The van der Waals surface area contributed by atoms with Gasteiger partial charge in [-0.1, -0.05) is 6.92 Å². The van der Waals surface area contributed by atoms with E-state index in [0.717, 1.165) is 0 Å². The molecule has 0 spiro atoms. The molecule has 0 amide bonds. The molecule has 0 saturated carbocycles. The van der Waals surface area contributed by atoms with Crippen LogP contribution in [0, 0.1) is 0 Å². The van der Waals surface area contributed by atoms with Crippen LogP contribution < -0.4 is 10.6 Å². The molecule has 0 aliphatic rings. The highest BCUT2D eigenvalue weighted by Crippen LogP contribution is 1.79.